The Morgan fingerprint density at radius 1 is 1.29 bits per heavy atom. The molecule has 3 heteroatoms. The molecule has 0 aliphatic rings. The molecule has 2 aromatic rings. The molecule has 0 fully saturated rings. The van der Waals surface area contributed by atoms with Gasteiger partial charge in [-0.3, -0.25) is 4.68 Å². The van der Waals surface area contributed by atoms with Crippen molar-refractivity contribution in [1.29, 1.82) is 0 Å². The molecule has 0 radical (unpaired) electrons. The van der Waals surface area contributed by atoms with Crippen molar-refractivity contribution in [2.75, 3.05) is 5.73 Å². The van der Waals surface area contributed by atoms with Gasteiger partial charge in [-0.2, -0.15) is 5.10 Å². The van der Waals surface area contributed by atoms with E-state index in [2.05, 4.69) is 12.0 Å². The van der Waals surface area contributed by atoms with E-state index in [1.807, 2.05) is 36.0 Å². The Morgan fingerprint density at radius 3 is 2.64 bits per heavy atom. The molecular weight excluding hydrogens is 174 g/mol. The summed E-state index contributed by atoms with van der Waals surface area (Å²) in [6.45, 7) is 2.05. The number of rotatable bonds is 1. The highest BCUT2D eigenvalue weighted by atomic mass is 15.3. The Labute approximate surface area is 83.2 Å². The van der Waals surface area contributed by atoms with Gasteiger partial charge in [0.05, 0.1) is 5.69 Å². The largest absolute Gasteiger partial charge is 0.399 e. The first-order valence-electron chi connectivity index (χ1n) is 4.53. The van der Waals surface area contributed by atoms with Crippen LogP contribution >= 0.6 is 0 Å². The van der Waals surface area contributed by atoms with Crippen LogP contribution in [0.1, 0.15) is 5.56 Å². The summed E-state index contributed by atoms with van der Waals surface area (Å²) in [7, 11) is 1.94. The summed E-state index contributed by atoms with van der Waals surface area (Å²) >= 11 is 0. The molecule has 0 saturated carbocycles. The van der Waals surface area contributed by atoms with Crippen LogP contribution in [-0.4, -0.2) is 9.78 Å². The highest BCUT2D eigenvalue weighted by Gasteiger charge is 2.05. The molecule has 1 aromatic carbocycles. The fourth-order valence-electron chi connectivity index (χ4n) is 1.61. The maximum absolute atomic E-state index is 5.70. The zero-order valence-corrected chi connectivity index (χ0v) is 8.36. The van der Waals surface area contributed by atoms with E-state index in [-0.39, 0.29) is 0 Å². The zero-order chi connectivity index (χ0) is 10.1. The van der Waals surface area contributed by atoms with Gasteiger partial charge in [-0.1, -0.05) is 6.07 Å². The minimum absolute atomic E-state index is 0.799. The van der Waals surface area contributed by atoms with Gasteiger partial charge in [0, 0.05) is 24.5 Å². The first-order chi connectivity index (χ1) is 6.68. The number of aromatic nitrogens is 2. The van der Waals surface area contributed by atoms with E-state index < -0.39 is 0 Å². The van der Waals surface area contributed by atoms with Crippen LogP contribution in [0, 0.1) is 6.92 Å². The second kappa shape index (κ2) is 3.18. The molecule has 0 atom stereocenters. The second-order valence-corrected chi connectivity index (χ2v) is 3.41. The van der Waals surface area contributed by atoms with Gasteiger partial charge in [0.15, 0.2) is 0 Å². The van der Waals surface area contributed by atoms with Gasteiger partial charge in [0.2, 0.25) is 0 Å². The predicted molar refractivity (Wildman–Crippen MR) is 57.8 cm³/mol. The fourth-order valence-corrected chi connectivity index (χ4v) is 1.61. The number of nitrogens with zero attached hydrogens (tertiary/aromatic N) is 2. The Balaban J connectivity index is 2.58. The number of nitrogens with two attached hydrogens (primary N) is 1. The first kappa shape index (κ1) is 8.81. The molecule has 0 amide bonds. The van der Waals surface area contributed by atoms with Crippen molar-refractivity contribution >= 4 is 5.69 Å². The van der Waals surface area contributed by atoms with Gasteiger partial charge in [-0.25, -0.2) is 0 Å². The molecule has 0 aliphatic heterocycles. The monoisotopic (exact) mass is 187 g/mol. The lowest BCUT2D eigenvalue weighted by Gasteiger charge is -2.06. The number of hydrogen-bond donors (Lipinski definition) is 1. The lowest BCUT2D eigenvalue weighted by molar-refractivity contribution is 0.775. The highest BCUT2D eigenvalue weighted by Crippen LogP contribution is 2.23. The van der Waals surface area contributed by atoms with Crippen LogP contribution in [-0.2, 0) is 7.05 Å². The van der Waals surface area contributed by atoms with Gasteiger partial charge < -0.3 is 5.73 Å². The van der Waals surface area contributed by atoms with Crippen molar-refractivity contribution < 1.29 is 0 Å². The number of hydrogen-bond acceptors (Lipinski definition) is 2. The van der Waals surface area contributed by atoms with Crippen molar-refractivity contribution in [3.63, 3.8) is 0 Å². The lowest BCUT2D eigenvalue weighted by atomic mass is 10.1. The maximum atomic E-state index is 5.70. The first-order valence-corrected chi connectivity index (χ1v) is 4.53. The van der Waals surface area contributed by atoms with Crippen LogP contribution in [0.3, 0.4) is 0 Å². The second-order valence-electron chi connectivity index (χ2n) is 3.41. The van der Waals surface area contributed by atoms with Crippen LogP contribution in [0.5, 0.6) is 0 Å². The third-order valence-electron chi connectivity index (χ3n) is 2.35. The molecule has 1 heterocycles. The van der Waals surface area contributed by atoms with Crippen LogP contribution in [0.2, 0.25) is 0 Å². The number of nitrogen functional groups attached to an aromatic ring is 1. The van der Waals surface area contributed by atoms with Gasteiger partial charge in [-0.05, 0) is 30.7 Å². The molecule has 0 aliphatic carbocycles. The molecular formula is C11H13N3. The van der Waals surface area contributed by atoms with E-state index in [0.717, 1.165) is 11.4 Å². The van der Waals surface area contributed by atoms with Crippen LogP contribution in [0.15, 0.2) is 30.5 Å². The van der Waals surface area contributed by atoms with Crippen LogP contribution in [0.4, 0.5) is 5.69 Å². The van der Waals surface area contributed by atoms with Crippen LogP contribution < -0.4 is 5.73 Å². The summed E-state index contributed by atoms with van der Waals surface area (Å²) < 4.78 is 1.86. The van der Waals surface area contributed by atoms with Crippen molar-refractivity contribution in [2.45, 2.75) is 6.92 Å². The maximum Gasteiger partial charge on any atom is 0.0681 e. The highest BCUT2D eigenvalue weighted by molar-refractivity contribution is 5.66. The van der Waals surface area contributed by atoms with Crippen molar-refractivity contribution in [1.82, 2.24) is 9.78 Å². The van der Waals surface area contributed by atoms with Gasteiger partial charge in [-0.15, -0.1) is 0 Å². The molecule has 0 bridgehead atoms. The summed E-state index contributed by atoms with van der Waals surface area (Å²) in [6.07, 6.45) is 1.80. The molecule has 72 valence electrons. The van der Waals surface area contributed by atoms with Crippen LogP contribution in [0.25, 0.3) is 11.3 Å². The summed E-state index contributed by atoms with van der Waals surface area (Å²) in [5.74, 6) is 0. The Bertz CT molecular complexity index is 457. The quantitative estimate of drug-likeness (QED) is 0.694. The van der Waals surface area contributed by atoms with Crippen molar-refractivity contribution in [2.24, 2.45) is 7.05 Å². The average molecular weight is 187 g/mol. The standard InChI is InChI=1S/C11H13N3/c1-8-7-9(12)3-4-10(8)11-5-6-13-14(11)2/h3-7H,12H2,1-2H3. The van der Waals surface area contributed by atoms with E-state index in [1.54, 1.807) is 6.20 Å². The Kier molecular flexibility index (Phi) is 2.00. The summed E-state index contributed by atoms with van der Waals surface area (Å²) in [4.78, 5) is 0. The topological polar surface area (TPSA) is 43.8 Å². The smallest absolute Gasteiger partial charge is 0.0681 e. The molecule has 2 N–H and O–H groups in total. The third kappa shape index (κ3) is 1.37. The molecule has 14 heavy (non-hydrogen) atoms. The van der Waals surface area contributed by atoms with E-state index in [0.29, 0.717) is 0 Å². The predicted octanol–water partition coefficient (Wildman–Crippen LogP) is 1.98. The summed E-state index contributed by atoms with van der Waals surface area (Å²) in [6, 6.07) is 7.91. The molecule has 1 aromatic heterocycles. The van der Waals surface area contributed by atoms with Crippen molar-refractivity contribution in [3.05, 3.63) is 36.0 Å². The Morgan fingerprint density at radius 2 is 2.07 bits per heavy atom. The van der Waals surface area contributed by atoms with Gasteiger partial charge in [0.25, 0.3) is 0 Å². The van der Waals surface area contributed by atoms with E-state index in [1.165, 1.54) is 11.1 Å². The van der Waals surface area contributed by atoms with E-state index in [9.17, 15) is 0 Å². The van der Waals surface area contributed by atoms with Gasteiger partial charge in [0.1, 0.15) is 0 Å². The van der Waals surface area contributed by atoms with E-state index in [4.69, 9.17) is 5.73 Å². The molecule has 2 rings (SSSR count). The molecule has 0 saturated heterocycles. The molecule has 3 nitrogen and oxygen atoms in total. The van der Waals surface area contributed by atoms with E-state index >= 15 is 0 Å². The summed E-state index contributed by atoms with van der Waals surface area (Å²) in [5, 5.41) is 4.14. The van der Waals surface area contributed by atoms with Crippen molar-refractivity contribution in [3.8, 4) is 11.3 Å². The zero-order valence-electron chi connectivity index (χ0n) is 8.36. The SMILES string of the molecule is Cc1cc(N)ccc1-c1ccnn1C. The normalized spacial score (nSPS) is 10.4. The number of anilines is 1. The third-order valence-corrected chi connectivity index (χ3v) is 2.35. The number of benzene rings is 1. The molecule has 0 spiro atoms. The Hall–Kier alpha value is -1.77. The fraction of sp³-hybridized carbons (Fsp3) is 0.182. The average Bonchev–Trinajstić information content (AvgIpc) is 2.52. The number of aryl methyl sites for hydroxylation is 2. The minimum atomic E-state index is 0.799. The minimum Gasteiger partial charge on any atom is -0.399 e. The van der Waals surface area contributed by atoms with Gasteiger partial charge >= 0.3 is 0 Å². The summed E-state index contributed by atoms with van der Waals surface area (Å²) in [5.41, 5.74) is 9.96. The lowest BCUT2D eigenvalue weighted by Crippen LogP contribution is -1.95. The molecule has 0 unspecified atom stereocenters.